The van der Waals surface area contributed by atoms with Crippen LogP contribution in [0.1, 0.15) is 45.4 Å². The summed E-state index contributed by atoms with van der Waals surface area (Å²) in [5, 5.41) is 8.85. The van der Waals surface area contributed by atoms with Crippen LogP contribution in [0, 0.1) is 11.3 Å². The zero-order valence-corrected chi connectivity index (χ0v) is 8.10. The second kappa shape index (κ2) is 4.81. The smallest absolute Gasteiger partial charge is 0.173 e. The third kappa shape index (κ3) is 2.42. The lowest BCUT2D eigenvalue weighted by molar-refractivity contribution is -0.115. The third-order valence-electron chi connectivity index (χ3n) is 2.52. The van der Waals surface area contributed by atoms with Crippen molar-refractivity contribution in [2.24, 2.45) is 0 Å². The number of ketones is 1. The lowest BCUT2D eigenvalue weighted by atomic mass is 9.89. The Balaban J connectivity index is 2.84. The molecule has 1 rings (SSSR count). The molecule has 0 bridgehead atoms. The highest BCUT2D eigenvalue weighted by Gasteiger charge is 2.15. The van der Waals surface area contributed by atoms with E-state index in [9.17, 15) is 4.79 Å². The molecule has 0 N–H and O–H groups in total. The van der Waals surface area contributed by atoms with Gasteiger partial charge in [0.05, 0.1) is 5.57 Å². The standard InChI is InChI=1S/C11H15NO/c1-2-11(13)10(8-12)9-6-4-3-5-7-9/h2-7H2,1H3. The monoisotopic (exact) mass is 177 g/mol. The summed E-state index contributed by atoms with van der Waals surface area (Å²) in [6, 6.07) is 2.05. The average molecular weight is 177 g/mol. The number of allylic oxidation sites excluding steroid dienone is 2. The van der Waals surface area contributed by atoms with Gasteiger partial charge in [0.1, 0.15) is 6.07 Å². The number of nitriles is 1. The van der Waals surface area contributed by atoms with Crippen molar-refractivity contribution >= 4 is 5.78 Å². The van der Waals surface area contributed by atoms with E-state index in [4.69, 9.17) is 5.26 Å². The molecule has 0 atom stereocenters. The molecule has 0 spiro atoms. The number of Topliss-reactive ketones (excluding diaryl/α,β-unsaturated/α-hetero) is 1. The van der Waals surface area contributed by atoms with Crippen LogP contribution in [-0.2, 0) is 4.79 Å². The predicted octanol–water partition coefficient (Wildman–Crippen LogP) is 2.75. The van der Waals surface area contributed by atoms with Gasteiger partial charge in [-0.1, -0.05) is 13.3 Å². The van der Waals surface area contributed by atoms with Crippen molar-refractivity contribution in [2.45, 2.75) is 45.4 Å². The van der Waals surface area contributed by atoms with Crippen LogP contribution >= 0.6 is 0 Å². The maximum atomic E-state index is 11.4. The Morgan fingerprint density at radius 1 is 1.38 bits per heavy atom. The first-order valence-electron chi connectivity index (χ1n) is 4.95. The maximum Gasteiger partial charge on any atom is 0.173 e. The Kier molecular flexibility index (Phi) is 3.70. The summed E-state index contributed by atoms with van der Waals surface area (Å²) in [5.41, 5.74) is 1.54. The summed E-state index contributed by atoms with van der Waals surface area (Å²) in [5.74, 6) is 0.0133. The van der Waals surface area contributed by atoms with Crippen LogP contribution < -0.4 is 0 Å². The van der Waals surface area contributed by atoms with Gasteiger partial charge in [-0.05, 0) is 31.3 Å². The fraction of sp³-hybridized carbons (Fsp3) is 0.636. The molecule has 0 unspecified atom stereocenters. The van der Waals surface area contributed by atoms with Gasteiger partial charge in [0.2, 0.25) is 0 Å². The van der Waals surface area contributed by atoms with Gasteiger partial charge in [-0.25, -0.2) is 0 Å². The zero-order chi connectivity index (χ0) is 9.68. The van der Waals surface area contributed by atoms with Crippen molar-refractivity contribution < 1.29 is 4.79 Å². The SMILES string of the molecule is CCC(=O)C(C#N)=C1CCCCC1. The minimum atomic E-state index is 0.0133. The van der Waals surface area contributed by atoms with Gasteiger partial charge < -0.3 is 0 Å². The van der Waals surface area contributed by atoms with Crippen LogP contribution in [0.5, 0.6) is 0 Å². The summed E-state index contributed by atoms with van der Waals surface area (Å²) in [6.07, 6.45) is 5.87. The zero-order valence-electron chi connectivity index (χ0n) is 8.10. The van der Waals surface area contributed by atoms with Crippen molar-refractivity contribution in [3.63, 3.8) is 0 Å². The van der Waals surface area contributed by atoms with E-state index in [2.05, 4.69) is 6.07 Å². The van der Waals surface area contributed by atoms with Crippen LogP contribution in [-0.4, -0.2) is 5.78 Å². The van der Waals surface area contributed by atoms with Crippen molar-refractivity contribution in [3.05, 3.63) is 11.1 Å². The Morgan fingerprint density at radius 3 is 2.46 bits per heavy atom. The molecule has 1 fully saturated rings. The Bertz CT molecular complexity index is 262. The summed E-state index contributed by atoms with van der Waals surface area (Å²) < 4.78 is 0. The van der Waals surface area contributed by atoms with Gasteiger partial charge in [0.15, 0.2) is 5.78 Å². The van der Waals surface area contributed by atoms with Crippen molar-refractivity contribution in [1.82, 2.24) is 0 Å². The number of hydrogen-bond acceptors (Lipinski definition) is 2. The Morgan fingerprint density at radius 2 is 2.00 bits per heavy atom. The van der Waals surface area contributed by atoms with Crippen molar-refractivity contribution in [3.8, 4) is 6.07 Å². The minimum Gasteiger partial charge on any atom is -0.293 e. The van der Waals surface area contributed by atoms with Gasteiger partial charge in [0, 0.05) is 6.42 Å². The van der Waals surface area contributed by atoms with E-state index in [0.29, 0.717) is 12.0 Å². The van der Waals surface area contributed by atoms with E-state index in [1.54, 1.807) is 0 Å². The number of hydrogen-bond donors (Lipinski definition) is 0. The molecule has 2 nitrogen and oxygen atoms in total. The first kappa shape index (κ1) is 9.98. The minimum absolute atomic E-state index is 0.0133. The Labute approximate surface area is 79.2 Å². The van der Waals surface area contributed by atoms with E-state index < -0.39 is 0 Å². The van der Waals surface area contributed by atoms with Crippen LogP contribution in [0.4, 0.5) is 0 Å². The number of carbonyl (C=O) groups is 1. The molecule has 2 heteroatoms. The molecule has 70 valence electrons. The normalized spacial score (nSPS) is 16.5. The molecule has 1 aliphatic rings. The lowest BCUT2D eigenvalue weighted by Gasteiger charge is -2.14. The predicted molar refractivity (Wildman–Crippen MR) is 51.0 cm³/mol. The van der Waals surface area contributed by atoms with Crippen LogP contribution in [0.2, 0.25) is 0 Å². The summed E-state index contributed by atoms with van der Waals surface area (Å²) in [4.78, 5) is 11.4. The molecule has 0 aliphatic heterocycles. The lowest BCUT2D eigenvalue weighted by Crippen LogP contribution is -2.05. The van der Waals surface area contributed by atoms with Crippen LogP contribution in [0.25, 0.3) is 0 Å². The van der Waals surface area contributed by atoms with Crippen LogP contribution in [0.15, 0.2) is 11.1 Å². The molecule has 1 aliphatic carbocycles. The molecule has 0 heterocycles. The largest absolute Gasteiger partial charge is 0.293 e. The van der Waals surface area contributed by atoms with E-state index >= 15 is 0 Å². The highest BCUT2D eigenvalue weighted by atomic mass is 16.1. The molecule has 0 radical (unpaired) electrons. The van der Waals surface area contributed by atoms with Crippen LogP contribution in [0.3, 0.4) is 0 Å². The highest BCUT2D eigenvalue weighted by Crippen LogP contribution is 2.26. The fourth-order valence-corrected chi connectivity index (χ4v) is 1.74. The van der Waals surface area contributed by atoms with Gasteiger partial charge in [-0.3, -0.25) is 4.79 Å². The summed E-state index contributed by atoms with van der Waals surface area (Å²) in [6.45, 7) is 1.81. The first-order valence-corrected chi connectivity index (χ1v) is 4.95. The quantitative estimate of drug-likeness (QED) is 0.480. The van der Waals surface area contributed by atoms with E-state index in [0.717, 1.165) is 31.3 Å². The van der Waals surface area contributed by atoms with Crippen molar-refractivity contribution in [2.75, 3.05) is 0 Å². The number of nitrogens with zero attached hydrogens (tertiary/aromatic N) is 1. The molecule has 0 saturated heterocycles. The summed E-state index contributed by atoms with van der Waals surface area (Å²) in [7, 11) is 0. The van der Waals surface area contributed by atoms with E-state index in [1.807, 2.05) is 6.92 Å². The fourth-order valence-electron chi connectivity index (χ4n) is 1.74. The molecule has 0 amide bonds. The average Bonchev–Trinajstić information content (AvgIpc) is 2.20. The molecular weight excluding hydrogens is 162 g/mol. The maximum absolute atomic E-state index is 11.4. The van der Waals surface area contributed by atoms with Gasteiger partial charge in [-0.15, -0.1) is 0 Å². The number of rotatable bonds is 2. The van der Waals surface area contributed by atoms with Gasteiger partial charge in [-0.2, -0.15) is 5.26 Å². The Hall–Kier alpha value is -1.10. The molecule has 13 heavy (non-hydrogen) atoms. The topological polar surface area (TPSA) is 40.9 Å². The number of carbonyl (C=O) groups excluding carboxylic acids is 1. The summed E-state index contributed by atoms with van der Waals surface area (Å²) >= 11 is 0. The van der Waals surface area contributed by atoms with Gasteiger partial charge in [0.25, 0.3) is 0 Å². The molecule has 0 aromatic heterocycles. The molecule has 1 saturated carbocycles. The van der Waals surface area contributed by atoms with E-state index in [-0.39, 0.29) is 5.78 Å². The third-order valence-corrected chi connectivity index (χ3v) is 2.52. The van der Waals surface area contributed by atoms with Gasteiger partial charge >= 0.3 is 0 Å². The molecular formula is C11H15NO. The second-order valence-electron chi connectivity index (χ2n) is 3.43. The molecule has 0 aromatic carbocycles. The van der Waals surface area contributed by atoms with E-state index in [1.165, 1.54) is 6.42 Å². The van der Waals surface area contributed by atoms with Crippen molar-refractivity contribution in [1.29, 1.82) is 5.26 Å². The molecule has 0 aromatic rings. The second-order valence-corrected chi connectivity index (χ2v) is 3.43. The first-order chi connectivity index (χ1) is 6.29. The highest BCUT2D eigenvalue weighted by molar-refractivity contribution is 5.99.